The van der Waals surface area contributed by atoms with Crippen LogP contribution in [0.2, 0.25) is 5.02 Å². The molecule has 1 aromatic rings. The van der Waals surface area contributed by atoms with Gasteiger partial charge >= 0.3 is 0 Å². The first-order valence-electron chi connectivity index (χ1n) is 8.67. The third-order valence-corrected chi connectivity index (χ3v) is 5.01. The van der Waals surface area contributed by atoms with Gasteiger partial charge in [0.05, 0.1) is 6.10 Å². The molecular weight excluding hydrogens is 312 g/mol. The summed E-state index contributed by atoms with van der Waals surface area (Å²) < 4.78 is 11.7. The molecule has 4 nitrogen and oxygen atoms in total. The van der Waals surface area contributed by atoms with Gasteiger partial charge in [-0.15, -0.1) is 0 Å². The normalized spacial score (nSPS) is 25.7. The Morgan fingerprint density at radius 2 is 2.26 bits per heavy atom. The molecule has 1 aromatic carbocycles. The van der Waals surface area contributed by atoms with E-state index in [1.807, 2.05) is 25.2 Å². The van der Waals surface area contributed by atoms with Crippen molar-refractivity contribution in [2.45, 2.75) is 44.4 Å². The molecule has 2 fully saturated rings. The van der Waals surface area contributed by atoms with Gasteiger partial charge in [-0.3, -0.25) is 4.90 Å². The van der Waals surface area contributed by atoms with Crippen molar-refractivity contribution < 1.29 is 9.47 Å². The van der Waals surface area contributed by atoms with Gasteiger partial charge in [0.25, 0.3) is 0 Å². The first kappa shape index (κ1) is 17.0. The van der Waals surface area contributed by atoms with Crippen LogP contribution in [0.4, 0.5) is 0 Å². The van der Waals surface area contributed by atoms with E-state index in [1.165, 1.54) is 18.4 Å². The standard InChI is InChI=1S/C18H27ClN2O2/c1-20-16-4-2-8-21(12-16)11-14-10-15(19)6-7-18(14)23-13-17-5-3-9-22-17/h6-7,10,16-17,20H,2-5,8-9,11-13H2,1H3. The summed E-state index contributed by atoms with van der Waals surface area (Å²) in [5.41, 5.74) is 1.17. The van der Waals surface area contributed by atoms with E-state index in [4.69, 9.17) is 21.1 Å². The molecule has 0 aliphatic carbocycles. The third-order valence-electron chi connectivity index (χ3n) is 4.78. The third kappa shape index (κ3) is 4.83. The highest BCUT2D eigenvalue weighted by molar-refractivity contribution is 6.30. The maximum atomic E-state index is 6.21. The smallest absolute Gasteiger partial charge is 0.124 e. The van der Waals surface area contributed by atoms with E-state index >= 15 is 0 Å². The second-order valence-electron chi connectivity index (χ2n) is 6.56. The maximum absolute atomic E-state index is 6.21. The van der Waals surface area contributed by atoms with Crippen molar-refractivity contribution in [1.29, 1.82) is 0 Å². The van der Waals surface area contributed by atoms with Crippen LogP contribution in [-0.4, -0.2) is 50.4 Å². The quantitative estimate of drug-likeness (QED) is 0.864. The Kier molecular flexibility index (Phi) is 6.17. The average Bonchev–Trinajstić information content (AvgIpc) is 3.08. The Balaban J connectivity index is 1.63. The number of ether oxygens (including phenoxy) is 2. The van der Waals surface area contributed by atoms with Gasteiger partial charge in [0, 0.05) is 36.3 Å². The summed E-state index contributed by atoms with van der Waals surface area (Å²) in [5.74, 6) is 0.941. The zero-order valence-corrected chi connectivity index (χ0v) is 14.6. The monoisotopic (exact) mass is 338 g/mol. The highest BCUT2D eigenvalue weighted by Gasteiger charge is 2.21. The first-order chi connectivity index (χ1) is 11.2. The van der Waals surface area contributed by atoms with Crippen LogP contribution in [0.5, 0.6) is 5.75 Å². The zero-order chi connectivity index (χ0) is 16.1. The largest absolute Gasteiger partial charge is 0.491 e. The summed E-state index contributed by atoms with van der Waals surface area (Å²) in [6.45, 7) is 4.60. The summed E-state index contributed by atoms with van der Waals surface area (Å²) >= 11 is 6.21. The summed E-state index contributed by atoms with van der Waals surface area (Å²) in [7, 11) is 2.05. The molecule has 1 N–H and O–H groups in total. The predicted octanol–water partition coefficient (Wildman–Crippen LogP) is 3.08. The van der Waals surface area contributed by atoms with Crippen LogP contribution >= 0.6 is 11.6 Å². The van der Waals surface area contributed by atoms with Gasteiger partial charge < -0.3 is 14.8 Å². The van der Waals surface area contributed by atoms with Crippen LogP contribution in [0.1, 0.15) is 31.2 Å². The van der Waals surface area contributed by atoms with Gasteiger partial charge in [-0.05, 0) is 57.5 Å². The lowest BCUT2D eigenvalue weighted by Crippen LogP contribution is -2.43. The molecule has 2 atom stereocenters. The summed E-state index contributed by atoms with van der Waals surface area (Å²) in [6.07, 6.45) is 4.96. The Morgan fingerprint density at radius 3 is 3.04 bits per heavy atom. The molecule has 23 heavy (non-hydrogen) atoms. The van der Waals surface area contributed by atoms with Crippen LogP contribution in [0, 0.1) is 0 Å². The lowest BCUT2D eigenvalue weighted by molar-refractivity contribution is 0.0671. The lowest BCUT2D eigenvalue weighted by atomic mass is 10.0. The molecular formula is C18H27ClN2O2. The summed E-state index contributed by atoms with van der Waals surface area (Å²) in [4.78, 5) is 2.48. The highest BCUT2D eigenvalue weighted by Crippen LogP contribution is 2.26. The number of halogens is 1. The van der Waals surface area contributed by atoms with Gasteiger partial charge in [0.1, 0.15) is 12.4 Å². The van der Waals surface area contributed by atoms with Gasteiger partial charge in [-0.25, -0.2) is 0 Å². The average molecular weight is 339 g/mol. The molecule has 2 unspecified atom stereocenters. The maximum Gasteiger partial charge on any atom is 0.124 e. The van der Waals surface area contributed by atoms with Crippen LogP contribution < -0.4 is 10.1 Å². The number of rotatable bonds is 6. The Morgan fingerprint density at radius 1 is 1.35 bits per heavy atom. The van der Waals surface area contributed by atoms with Crippen LogP contribution in [0.3, 0.4) is 0 Å². The molecule has 128 valence electrons. The predicted molar refractivity (Wildman–Crippen MR) is 93.3 cm³/mol. The Labute approximate surface area is 144 Å². The number of likely N-dealkylation sites (N-methyl/N-ethyl adjacent to an activating group) is 1. The molecule has 2 aliphatic heterocycles. The van der Waals surface area contributed by atoms with Crippen molar-refractivity contribution in [3.8, 4) is 5.75 Å². The number of benzene rings is 1. The molecule has 0 spiro atoms. The van der Waals surface area contributed by atoms with Crippen molar-refractivity contribution in [2.75, 3.05) is 33.4 Å². The number of hydrogen-bond acceptors (Lipinski definition) is 4. The minimum Gasteiger partial charge on any atom is -0.491 e. The molecule has 0 radical (unpaired) electrons. The van der Waals surface area contributed by atoms with E-state index < -0.39 is 0 Å². The lowest BCUT2D eigenvalue weighted by Gasteiger charge is -2.33. The van der Waals surface area contributed by atoms with E-state index in [2.05, 4.69) is 10.2 Å². The van der Waals surface area contributed by atoms with Crippen molar-refractivity contribution >= 4 is 11.6 Å². The van der Waals surface area contributed by atoms with Crippen molar-refractivity contribution in [3.05, 3.63) is 28.8 Å². The molecule has 0 amide bonds. The Bertz CT molecular complexity index is 506. The van der Waals surface area contributed by atoms with E-state index in [1.54, 1.807) is 0 Å². The van der Waals surface area contributed by atoms with Crippen LogP contribution in [0.15, 0.2) is 18.2 Å². The van der Waals surface area contributed by atoms with Crippen molar-refractivity contribution in [2.24, 2.45) is 0 Å². The SMILES string of the molecule is CNC1CCCN(Cc2cc(Cl)ccc2OCC2CCCO2)C1. The fourth-order valence-electron chi connectivity index (χ4n) is 3.45. The number of piperidine rings is 1. The number of nitrogens with zero attached hydrogens (tertiary/aromatic N) is 1. The highest BCUT2D eigenvalue weighted by atomic mass is 35.5. The fraction of sp³-hybridized carbons (Fsp3) is 0.667. The van der Waals surface area contributed by atoms with Gasteiger partial charge in [-0.1, -0.05) is 11.6 Å². The minimum absolute atomic E-state index is 0.238. The molecule has 2 heterocycles. The molecule has 0 bridgehead atoms. The minimum atomic E-state index is 0.238. The molecule has 0 aromatic heterocycles. The topological polar surface area (TPSA) is 33.7 Å². The second-order valence-corrected chi connectivity index (χ2v) is 7.00. The summed E-state index contributed by atoms with van der Waals surface area (Å²) in [6, 6.07) is 6.52. The van der Waals surface area contributed by atoms with E-state index in [-0.39, 0.29) is 6.10 Å². The van der Waals surface area contributed by atoms with Gasteiger partial charge in [-0.2, -0.15) is 0 Å². The molecule has 2 aliphatic rings. The fourth-order valence-corrected chi connectivity index (χ4v) is 3.64. The summed E-state index contributed by atoms with van der Waals surface area (Å²) in [5, 5.41) is 4.16. The zero-order valence-electron chi connectivity index (χ0n) is 13.9. The van der Waals surface area contributed by atoms with E-state index in [0.29, 0.717) is 12.6 Å². The number of nitrogens with one attached hydrogen (secondary N) is 1. The second kappa shape index (κ2) is 8.34. The van der Waals surface area contributed by atoms with Crippen molar-refractivity contribution in [3.63, 3.8) is 0 Å². The van der Waals surface area contributed by atoms with Gasteiger partial charge in [0.15, 0.2) is 0 Å². The Hall–Kier alpha value is -0.810. The van der Waals surface area contributed by atoms with Crippen LogP contribution in [-0.2, 0) is 11.3 Å². The van der Waals surface area contributed by atoms with E-state index in [0.717, 1.165) is 49.9 Å². The van der Waals surface area contributed by atoms with Gasteiger partial charge in [0.2, 0.25) is 0 Å². The molecule has 2 saturated heterocycles. The van der Waals surface area contributed by atoms with Crippen LogP contribution in [0.25, 0.3) is 0 Å². The molecule has 3 rings (SSSR count). The number of likely N-dealkylation sites (tertiary alicyclic amines) is 1. The first-order valence-corrected chi connectivity index (χ1v) is 9.05. The van der Waals surface area contributed by atoms with Crippen molar-refractivity contribution in [1.82, 2.24) is 10.2 Å². The van der Waals surface area contributed by atoms with E-state index in [9.17, 15) is 0 Å². The molecule has 0 saturated carbocycles. The molecule has 5 heteroatoms. The number of hydrogen-bond donors (Lipinski definition) is 1.